The van der Waals surface area contributed by atoms with Gasteiger partial charge in [0.15, 0.2) is 0 Å². The number of hydrogen-bond donors (Lipinski definition) is 0. The minimum absolute atomic E-state index is 0.207. The molecule has 5 nitrogen and oxygen atoms in total. The van der Waals surface area contributed by atoms with E-state index in [1.165, 1.54) is 0 Å². The number of carbonyl (C=O) groups excluding carboxylic acids is 1. The minimum atomic E-state index is -4.37. The van der Waals surface area contributed by atoms with Crippen LogP contribution in [0, 0.1) is 6.92 Å². The van der Waals surface area contributed by atoms with Gasteiger partial charge in [-0.2, -0.15) is 0 Å². The Morgan fingerprint density at radius 3 is 2.52 bits per heavy atom. The van der Waals surface area contributed by atoms with Gasteiger partial charge in [0.1, 0.15) is 4.32 Å². The normalized spacial score (nSPS) is 17.8. The number of amides is 1. The molecule has 0 bridgehead atoms. The van der Waals surface area contributed by atoms with Gasteiger partial charge in [-0.25, -0.2) is 8.42 Å². The predicted octanol–water partition coefficient (Wildman–Crippen LogP) is 1.74. The van der Waals surface area contributed by atoms with Gasteiger partial charge < -0.3 is 4.55 Å². The van der Waals surface area contributed by atoms with Crippen LogP contribution in [0.2, 0.25) is 0 Å². The van der Waals surface area contributed by atoms with Crippen molar-refractivity contribution < 1.29 is 17.8 Å². The van der Waals surface area contributed by atoms with E-state index in [-0.39, 0.29) is 16.8 Å². The quantitative estimate of drug-likeness (QED) is 0.471. The molecule has 0 spiro atoms. The maximum atomic E-state index is 12.2. The minimum Gasteiger partial charge on any atom is -0.748 e. The van der Waals surface area contributed by atoms with E-state index in [1.54, 1.807) is 6.08 Å². The van der Waals surface area contributed by atoms with Crippen LogP contribution in [0.3, 0.4) is 0 Å². The van der Waals surface area contributed by atoms with Crippen molar-refractivity contribution in [1.29, 1.82) is 0 Å². The van der Waals surface area contributed by atoms with Gasteiger partial charge in [-0.3, -0.25) is 9.69 Å². The van der Waals surface area contributed by atoms with Crippen LogP contribution in [-0.2, 0) is 14.9 Å². The number of nitrogens with zero attached hydrogens (tertiary/aromatic N) is 1. The molecule has 1 aromatic rings. The Morgan fingerprint density at radius 2 is 1.95 bits per heavy atom. The molecule has 1 fully saturated rings. The van der Waals surface area contributed by atoms with Crippen molar-refractivity contribution in [3.05, 3.63) is 40.3 Å². The average Bonchev–Trinajstić information content (AvgIpc) is 2.64. The maximum absolute atomic E-state index is 12.2. The molecule has 0 atom stereocenters. The highest BCUT2D eigenvalue weighted by Gasteiger charge is 2.31. The molecule has 0 N–H and O–H groups in total. The zero-order valence-corrected chi connectivity index (χ0v) is 13.6. The molecule has 0 radical (unpaired) electrons. The molecule has 21 heavy (non-hydrogen) atoms. The monoisotopic (exact) mass is 342 g/mol. The van der Waals surface area contributed by atoms with Gasteiger partial charge in [0.2, 0.25) is 0 Å². The van der Waals surface area contributed by atoms with Crippen molar-refractivity contribution in [2.24, 2.45) is 0 Å². The number of benzene rings is 1. The summed E-state index contributed by atoms with van der Waals surface area (Å²) in [5.41, 5.74) is 1.97. The first-order valence-corrected chi connectivity index (χ1v) is 8.82. The molecule has 0 unspecified atom stereocenters. The van der Waals surface area contributed by atoms with E-state index in [2.05, 4.69) is 0 Å². The first-order valence-electron chi connectivity index (χ1n) is 6.02. The second-order valence-electron chi connectivity index (χ2n) is 4.51. The lowest BCUT2D eigenvalue weighted by Crippen LogP contribution is -2.32. The molecule has 1 aliphatic rings. The second kappa shape index (κ2) is 6.27. The van der Waals surface area contributed by atoms with Crippen LogP contribution >= 0.6 is 24.0 Å². The smallest absolute Gasteiger partial charge is 0.266 e. The molecular formula is C13H12NO4S3-. The number of thioether (sulfide) groups is 1. The van der Waals surface area contributed by atoms with Crippen molar-refractivity contribution in [2.75, 3.05) is 12.3 Å². The molecule has 2 rings (SSSR count). The van der Waals surface area contributed by atoms with Crippen molar-refractivity contribution in [1.82, 2.24) is 4.90 Å². The Bertz CT molecular complexity index is 707. The zero-order valence-electron chi connectivity index (χ0n) is 11.1. The Morgan fingerprint density at radius 1 is 1.33 bits per heavy atom. The second-order valence-corrected chi connectivity index (χ2v) is 7.71. The topological polar surface area (TPSA) is 77.5 Å². The number of hydrogen-bond acceptors (Lipinski definition) is 6. The fraction of sp³-hybridized carbons (Fsp3) is 0.231. The van der Waals surface area contributed by atoms with E-state index in [4.69, 9.17) is 12.2 Å². The summed E-state index contributed by atoms with van der Waals surface area (Å²) in [5.74, 6) is -1.01. The van der Waals surface area contributed by atoms with E-state index in [0.29, 0.717) is 4.91 Å². The molecule has 0 saturated carbocycles. The molecule has 1 amide bonds. The molecule has 1 saturated heterocycles. The summed E-state index contributed by atoms with van der Waals surface area (Å²) in [6, 6.07) is 7.61. The van der Waals surface area contributed by atoms with Gasteiger partial charge in [-0.1, -0.05) is 53.8 Å². The Labute approximate surface area is 132 Å². The summed E-state index contributed by atoms with van der Waals surface area (Å²) in [6.07, 6.45) is 1.70. The standard InChI is InChI=1S/C13H13NO4S3/c1-9-2-4-10(5-3-9)8-11-12(15)14(13(19)20-11)6-7-21(16,17)18/h2-5,8H,6-7H2,1H3,(H,16,17,18)/p-1/b11-8-. The van der Waals surface area contributed by atoms with Gasteiger partial charge in [-0.15, -0.1) is 0 Å². The van der Waals surface area contributed by atoms with Gasteiger partial charge in [0.05, 0.1) is 20.8 Å². The summed E-state index contributed by atoms with van der Waals surface area (Å²) in [4.78, 5) is 13.7. The number of rotatable bonds is 4. The highest BCUT2D eigenvalue weighted by Crippen LogP contribution is 2.32. The van der Waals surface area contributed by atoms with Crippen molar-refractivity contribution in [3.8, 4) is 0 Å². The van der Waals surface area contributed by atoms with Crippen LogP contribution in [0.25, 0.3) is 6.08 Å². The first-order chi connectivity index (χ1) is 9.76. The Balaban J connectivity index is 2.15. The summed E-state index contributed by atoms with van der Waals surface area (Å²) in [5, 5.41) is 0. The maximum Gasteiger partial charge on any atom is 0.266 e. The fourth-order valence-corrected chi connectivity index (χ4v) is 3.42. The van der Waals surface area contributed by atoms with Gasteiger partial charge >= 0.3 is 0 Å². The highest BCUT2D eigenvalue weighted by molar-refractivity contribution is 8.26. The van der Waals surface area contributed by atoms with Gasteiger partial charge in [0.25, 0.3) is 5.91 Å². The van der Waals surface area contributed by atoms with E-state index >= 15 is 0 Å². The molecule has 1 aromatic carbocycles. The van der Waals surface area contributed by atoms with E-state index < -0.39 is 15.9 Å². The van der Waals surface area contributed by atoms with Crippen LogP contribution in [0.1, 0.15) is 11.1 Å². The predicted molar refractivity (Wildman–Crippen MR) is 85.6 cm³/mol. The lowest BCUT2D eigenvalue weighted by atomic mass is 10.1. The Kier molecular flexibility index (Phi) is 4.82. The largest absolute Gasteiger partial charge is 0.748 e. The molecule has 1 aliphatic heterocycles. The summed E-state index contributed by atoms with van der Waals surface area (Å²) >= 11 is 6.15. The SMILES string of the molecule is Cc1ccc(/C=C2\SC(=S)N(CCS(=O)(=O)[O-])C2=O)cc1. The van der Waals surface area contributed by atoms with Crippen LogP contribution in [0.4, 0.5) is 0 Å². The lowest BCUT2D eigenvalue weighted by molar-refractivity contribution is -0.121. The zero-order chi connectivity index (χ0) is 15.6. The van der Waals surface area contributed by atoms with Gasteiger partial charge in [-0.05, 0) is 18.6 Å². The van der Waals surface area contributed by atoms with Crippen molar-refractivity contribution >= 4 is 50.4 Å². The molecule has 0 aromatic heterocycles. The van der Waals surface area contributed by atoms with Crippen LogP contribution in [0.5, 0.6) is 0 Å². The lowest BCUT2D eigenvalue weighted by Gasteiger charge is -2.15. The molecular weight excluding hydrogens is 330 g/mol. The van der Waals surface area contributed by atoms with E-state index in [0.717, 1.165) is 27.8 Å². The third-order valence-electron chi connectivity index (χ3n) is 2.81. The fourth-order valence-electron chi connectivity index (χ4n) is 1.71. The summed E-state index contributed by atoms with van der Waals surface area (Å²) in [6.45, 7) is 1.76. The van der Waals surface area contributed by atoms with Crippen LogP contribution in [0.15, 0.2) is 29.2 Å². The number of thiocarbonyl (C=S) groups is 1. The Hall–Kier alpha value is -1.22. The van der Waals surface area contributed by atoms with E-state index in [9.17, 15) is 17.8 Å². The van der Waals surface area contributed by atoms with E-state index in [1.807, 2.05) is 31.2 Å². The van der Waals surface area contributed by atoms with Crippen molar-refractivity contribution in [2.45, 2.75) is 6.92 Å². The molecule has 0 aliphatic carbocycles. The number of carbonyl (C=O) groups is 1. The number of aryl methyl sites for hydroxylation is 1. The average molecular weight is 342 g/mol. The summed E-state index contributed by atoms with van der Waals surface area (Å²) < 4.78 is 32.2. The van der Waals surface area contributed by atoms with Gasteiger partial charge in [0, 0.05) is 6.54 Å². The van der Waals surface area contributed by atoms with Crippen molar-refractivity contribution in [3.63, 3.8) is 0 Å². The first kappa shape index (κ1) is 16.2. The molecule has 1 heterocycles. The third kappa shape index (κ3) is 4.37. The highest BCUT2D eigenvalue weighted by atomic mass is 32.2. The molecule has 112 valence electrons. The van der Waals surface area contributed by atoms with Crippen LogP contribution < -0.4 is 0 Å². The van der Waals surface area contributed by atoms with Crippen LogP contribution in [-0.4, -0.2) is 40.4 Å². The molecule has 8 heteroatoms. The summed E-state index contributed by atoms with van der Waals surface area (Å²) in [7, 11) is -4.37. The third-order valence-corrected chi connectivity index (χ3v) is 4.87.